The third-order valence-electron chi connectivity index (χ3n) is 2.97. The number of nitrogens with zero attached hydrogens (tertiary/aromatic N) is 3. The highest BCUT2D eigenvalue weighted by atomic mass is 79.9. The SMILES string of the molecule is C[C@H]1C(=O)NCCCN1C(=O)c1nn(C)cc1Br. The molecule has 2 rings (SSSR count). The van der Waals surface area contributed by atoms with E-state index in [-0.39, 0.29) is 11.8 Å². The standard InChI is InChI=1S/C11H15BrN4O2/c1-7-10(17)13-4-3-5-16(7)11(18)9-8(12)6-15(2)14-9/h6-7H,3-5H2,1-2H3,(H,13,17)/t7-/m0/s1. The van der Waals surface area contributed by atoms with E-state index in [4.69, 9.17) is 0 Å². The van der Waals surface area contributed by atoms with Crippen molar-refractivity contribution in [3.05, 3.63) is 16.4 Å². The molecule has 0 saturated carbocycles. The zero-order valence-corrected chi connectivity index (χ0v) is 11.9. The molecule has 98 valence electrons. The molecule has 1 aromatic heterocycles. The zero-order valence-electron chi connectivity index (χ0n) is 10.3. The van der Waals surface area contributed by atoms with Crippen molar-refractivity contribution in [1.82, 2.24) is 20.0 Å². The first kappa shape index (κ1) is 13.1. The topological polar surface area (TPSA) is 67.2 Å². The van der Waals surface area contributed by atoms with Crippen LogP contribution in [0.5, 0.6) is 0 Å². The molecule has 1 atom stereocenters. The van der Waals surface area contributed by atoms with Crippen LogP contribution in [0.4, 0.5) is 0 Å². The summed E-state index contributed by atoms with van der Waals surface area (Å²) < 4.78 is 2.21. The molecule has 1 saturated heterocycles. The van der Waals surface area contributed by atoms with Crippen LogP contribution in [-0.4, -0.2) is 45.6 Å². The molecule has 1 fully saturated rings. The Morgan fingerprint density at radius 2 is 2.33 bits per heavy atom. The molecule has 0 aromatic carbocycles. The quantitative estimate of drug-likeness (QED) is 0.822. The second-order valence-electron chi connectivity index (χ2n) is 4.32. The number of rotatable bonds is 1. The second-order valence-corrected chi connectivity index (χ2v) is 5.17. The van der Waals surface area contributed by atoms with E-state index < -0.39 is 6.04 Å². The molecule has 1 aliphatic rings. The van der Waals surface area contributed by atoms with Crippen molar-refractivity contribution in [3.8, 4) is 0 Å². The van der Waals surface area contributed by atoms with Gasteiger partial charge in [-0.3, -0.25) is 14.3 Å². The van der Waals surface area contributed by atoms with Crippen molar-refractivity contribution in [3.63, 3.8) is 0 Å². The smallest absolute Gasteiger partial charge is 0.276 e. The third-order valence-corrected chi connectivity index (χ3v) is 3.55. The lowest BCUT2D eigenvalue weighted by Gasteiger charge is -2.24. The van der Waals surface area contributed by atoms with E-state index >= 15 is 0 Å². The lowest BCUT2D eigenvalue weighted by molar-refractivity contribution is -0.124. The first-order valence-electron chi connectivity index (χ1n) is 5.78. The molecule has 1 N–H and O–H groups in total. The van der Waals surface area contributed by atoms with Crippen LogP contribution < -0.4 is 5.32 Å². The number of aryl methyl sites for hydroxylation is 1. The normalized spacial score (nSPS) is 20.5. The molecule has 1 aliphatic heterocycles. The average molecular weight is 315 g/mol. The van der Waals surface area contributed by atoms with E-state index in [0.717, 1.165) is 6.42 Å². The van der Waals surface area contributed by atoms with Crippen LogP contribution in [0.25, 0.3) is 0 Å². The van der Waals surface area contributed by atoms with E-state index in [1.165, 1.54) is 0 Å². The van der Waals surface area contributed by atoms with Gasteiger partial charge in [0.05, 0.1) is 4.47 Å². The van der Waals surface area contributed by atoms with Crippen LogP contribution in [0.3, 0.4) is 0 Å². The molecule has 0 aliphatic carbocycles. The average Bonchev–Trinajstić information content (AvgIpc) is 2.57. The molecule has 0 radical (unpaired) electrons. The monoisotopic (exact) mass is 314 g/mol. The Bertz CT molecular complexity index is 485. The molecular weight excluding hydrogens is 300 g/mol. The lowest BCUT2D eigenvalue weighted by Crippen LogP contribution is -2.45. The van der Waals surface area contributed by atoms with Gasteiger partial charge >= 0.3 is 0 Å². The Balaban J connectivity index is 2.26. The summed E-state index contributed by atoms with van der Waals surface area (Å²) in [5, 5.41) is 6.90. The van der Waals surface area contributed by atoms with Crippen LogP contribution in [-0.2, 0) is 11.8 Å². The number of aromatic nitrogens is 2. The van der Waals surface area contributed by atoms with Gasteiger partial charge in [-0.05, 0) is 29.3 Å². The van der Waals surface area contributed by atoms with Crippen molar-refractivity contribution in [2.45, 2.75) is 19.4 Å². The number of hydrogen-bond acceptors (Lipinski definition) is 3. The Hall–Kier alpha value is -1.37. The predicted octanol–water partition coefficient (Wildman–Crippen LogP) is 0.533. The minimum Gasteiger partial charge on any atom is -0.354 e. The first-order chi connectivity index (χ1) is 8.50. The predicted molar refractivity (Wildman–Crippen MR) is 69.0 cm³/mol. The molecule has 2 amide bonds. The van der Waals surface area contributed by atoms with Crippen LogP contribution in [0.15, 0.2) is 10.7 Å². The molecule has 18 heavy (non-hydrogen) atoms. The number of amides is 2. The van der Waals surface area contributed by atoms with Gasteiger partial charge in [0.2, 0.25) is 5.91 Å². The summed E-state index contributed by atoms with van der Waals surface area (Å²) in [7, 11) is 1.75. The fourth-order valence-corrected chi connectivity index (χ4v) is 2.51. The number of hydrogen-bond donors (Lipinski definition) is 1. The van der Waals surface area contributed by atoms with Gasteiger partial charge < -0.3 is 10.2 Å². The number of carbonyl (C=O) groups is 2. The van der Waals surface area contributed by atoms with E-state index in [9.17, 15) is 9.59 Å². The van der Waals surface area contributed by atoms with E-state index in [1.807, 2.05) is 0 Å². The van der Waals surface area contributed by atoms with Crippen LogP contribution in [0, 0.1) is 0 Å². The summed E-state index contributed by atoms with van der Waals surface area (Å²) in [6.45, 7) is 2.90. The maximum absolute atomic E-state index is 12.4. The van der Waals surface area contributed by atoms with Crippen molar-refractivity contribution in [2.24, 2.45) is 7.05 Å². The fraction of sp³-hybridized carbons (Fsp3) is 0.545. The van der Waals surface area contributed by atoms with Crippen molar-refractivity contribution in [2.75, 3.05) is 13.1 Å². The zero-order chi connectivity index (χ0) is 13.3. The van der Waals surface area contributed by atoms with E-state index in [2.05, 4.69) is 26.3 Å². The van der Waals surface area contributed by atoms with Gasteiger partial charge in [0.1, 0.15) is 6.04 Å². The number of carbonyl (C=O) groups excluding carboxylic acids is 2. The molecule has 1 aromatic rings. The summed E-state index contributed by atoms with van der Waals surface area (Å²) in [4.78, 5) is 25.7. The lowest BCUT2D eigenvalue weighted by atomic mass is 10.2. The van der Waals surface area contributed by atoms with Crippen LogP contribution in [0.2, 0.25) is 0 Å². The summed E-state index contributed by atoms with van der Waals surface area (Å²) in [6, 6.07) is -0.464. The van der Waals surface area contributed by atoms with Gasteiger partial charge in [-0.2, -0.15) is 5.10 Å². The van der Waals surface area contributed by atoms with Gasteiger partial charge in [0.25, 0.3) is 5.91 Å². The van der Waals surface area contributed by atoms with E-state index in [0.29, 0.717) is 23.3 Å². The summed E-state index contributed by atoms with van der Waals surface area (Å²) in [5.41, 5.74) is 0.346. The molecule has 0 bridgehead atoms. The van der Waals surface area contributed by atoms with Gasteiger partial charge in [-0.1, -0.05) is 0 Å². The fourth-order valence-electron chi connectivity index (χ4n) is 1.96. The number of halogens is 1. The van der Waals surface area contributed by atoms with Gasteiger partial charge in [0, 0.05) is 26.3 Å². The molecule has 7 heteroatoms. The molecule has 6 nitrogen and oxygen atoms in total. The maximum Gasteiger partial charge on any atom is 0.276 e. The second kappa shape index (κ2) is 5.09. The highest BCUT2D eigenvalue weighted by Gasteiger charge is 2.30. The summed E-state index contributed by atoms with van der Waals surface area (Å²) in [6.07, 6.45) is 2.47. The Morgan fingerprint density at radius 1 is 1.61 bits per heavy atom. The minimum atomic E-state index is -0.464. The van der Waals surface area contributed by atoms with Crippen molar-refractivity contribution < 1.29 is 9.59 Å². The van der Waals surface area contributed by atoms with Crippen molar-refractivity contribution >= 4 is 27.7 Å². The maximum atomic E-state index is 12.4. The Labute approximate surface area is 113 Å². The van der Waals surface area contributed by atoms with Gasteiger partial charge in [-0.25, -0.2) is 0 Å². The highest BCUT2D eigenvalue weighted by Crippen LogP contribution is 2.18. The molecule has 2 heterocycles. The Kier molecular flexibility index (Phi) is 3.70. The van der Waals surface area contributed by atoms with Crippen LogP contribution in [0.1, 0.15) is 23.8 Å². The summed E-state index contributed by atoms with van der Waals surface area (Å²) in [5.74, 6) is -0.333. The highest BCUT2D eigenvalue weighted by molar-refractivity contribution is 9.10. The molecule has 0 unspecified atom stereocenters. The van der Waals surface area contributed by atoms with Crippen molar-refractivity contribution in [1.29, 1.82) is 0 Å². The number of nitrogens with one attached hydrogen (secondary N) is 1. The van der Waals surface area contributed by atoms with Gasteiger partial charge in [0.15, 0.2) is 5.69 Å². The minimum absolute atomic E-state index is 0.118. The van der Waals surface area contributed by atoms with Gasteiger partial charge in [-0.15, -0.1) is 0 Å². The Morgan fingerprint density at radius 3 is 2.94 bits per heavy atom. The summed E-state index contributed by atoms with van der Waals surface area (Å²) >= 11 is 3.31. The van der Waals surface area contributed by atoms with E-state index in [1.54, 1.807) is 29.7 Å². The third kappa shape index (κ3) is 2.40. The largest absolute Gasteiger partial charge is 0.354 e. The molecule has 0 spiro atoms. The first-order valence-corrected chi connectivity index (χ1v) is 6.58. The van der Waals surface area contributed by atoms with Crippen LogP contribution >= 0.6 is 15.9 Å². The molecular formula is C11H15BrN4O2.